The zero-order chi connectivity index (χ0) is 25.1. The van der Waals surface area contributed by atoms with Crippen molar-refractivity contribution in [3.63, 3.8) is 0 Å². The minimum absolute atomic E-state index is 0.0263. The number of nitrogens with one attached hydrogen (secondary N) is 2. The summed E-state index contributed by atoms with van der Waals surface area (Å²) in [7, 11) is 1.77. The molecule has 1 unspecified atom stereocenters. The molecule has 0 aliphatic heterocycles. The van der Waals surface area contributed by atoms with Gasteiger partial charge in [0, 0.05) is 23.7 Å². The number of aliphatic hydroxyl groups excluding tert-OH is 1. The summed E-state index contributed by atoms with van der Waals surface area (Å²) in [5.74, 6) is 1.29. The van der Waals surface area contributed by atoms with E-state index < -0.39 is 12.1 Å². The highest BCUT2D eigenvalue weighted by Gasteiger charge is 2.35. The molecule has 4 rings (SSSR count). The molecule has 2 aromatic heterocycles. The van der Waals surface area contributed by atoms with Crippen molar-refractivity contribution in [3.8, 4) is 28.4 Å². The van der Waals surface area contributed by atoms with Gasteiger partial charge in [-0.25, -0.2) is 9.97 Å². The van der Waals surface area contributed by atoms with Gasteiger partial charge in [0.15, 0.2) is 5.82 Å². The highest BCUT2D eigenvalue weighted by Crippen LogP contribution is 2.36. The number of likely N-dealkylation sites (N-methyl/N-ethyl adjacent to an activating group) is 1. The van der Waals surface area contributed by atoms with E-state index in [2.05, 4.69) is 15.8 Å². The molecule has 10 nitrogen and oxygen atoms in total. The molecule has 2 heterocycles. The SMILES string of the molecule is CNCC(O)COc1cccc(-c2nc(N[C@H]3C[C@@H](C(=O)O)C3)c(C)c(-c3c(C)noc3C)n2)c1. The third kappa shape index (κ3) is 5.44. The van der Waals surface area contributed by atoms with Gasteiger partial charge in [-0.2, -0.15) is 0 Å². The normalized spacial score (nSPS) is 18.1. The smallest absolute Gasteiger partial charge is 0.306 e. The molecule has 1 atom stereocenters. The van der Waals surface area contributed by atoms with Crippen molar-refractivity contribution in [2.45, 2.75) is 45.8 Å². The summed E-state index contributed by atoms with van der Waals surface area (Å²) in [6.45, 7) is 6.24. The average molecular weight is 482 g/mol. The number of carboxylic acid groups (broad SMARTS) is 1. The van der Waals surface area contributed by atoms with Crippen molar-refractivity contribution in [1.82, 2.24) is 20.4 Å². The first kappa shape index (κ1) is 24.6. The molecular formula is C25H31N5O5. The molecule has 1 aromatic carbocycles. The molecule has 4 N–H and O–H groups in total. The molecule has 0 spiro atoms. The molecular weight excluding hydrogens is 450 g/mol. The van der Waals surface area contributed by atoms with Gasteiger partial charge in [-0.3, -0.25) is 4.79 Å². The Kier molecular flexibility index (Phi) is 7.32. The molecule has 1 saturated carbocycles. The number of hydrogen-bond donors (Lipinski definition) is 4. The van der Waals surface area contributed by atoms with Crippen LogP contribution in [0.1, 0.15) is 29.9 Å². The Morgan fingerprint density at radius 2 is 2.03 bits per heavy atom. The summed E-state index contributed by atoms with van der Waals surface area (Å²) in [6, 6.07) is 7.43. The fraction of sp³-hybridized carbons (Fsp3) is 0.440. The van der Waals surface area contributed by atoms with Crippen molar-refractivity contribution in [2.75, 3.05) is 25.5 Å². The number of nitrogens with zero attached hydrogens (tertiary/aromatic N) is 3. The van der Waals surface area contributed by atoms with Crippen LogP contribution in [0, 0.1) is 26.7 Å². The molecule has 186 valence electrons. The van der Waals surface area contributed by atoms with Crippen LogP contribution in [0.25, 0.3) is 22.6 Å². The second-order valence-corrected chi connectivity index (χ2v) is 8.97. The topological polar surface area (TPSA) is 143 Å². The van der Waals surface area contributed by atoms with E-state index in [4.69, 9.17) is 19.2 Å². The highest BCUT2D eigenvalue weighted by atomic mass is 16.5. The summed E-state index contributed by atoms with van der Waals surface area (Å²) in [5, 5.41) is 29.6. The Labute approximate surface area is 203 Å². The number of aliphatic carboxylic acids is 1. The molecule has 3 aromatic rings. The van der Waals surface area contributed by atoms with Crippen molar-refractivity contribution in [2.24, 2.45) is 5.92 Å². The summed E-state index contributed by atoms with van der Waals surface area (Å²) < 4.78 is 11.2. The van der Waals surface area contributed by atoms with Crippen LogP contribution >= 0.6 is 0 Å². The minimum Gasteiger partial charge on any atom is -0.491 e. The third-order valence-electron chi connectivity index (χ3n) is 6.22. The number of anilines is 1. The maximum atomic E-state index is 11.2. The van der Waals surface area contributed by atoms with E-state index in [-0.39, 0.29) is 18.6 Å². The van der Waals surface area contributed by atoms with Gasteiger partial charge in [-0.05, 0) is 52.8 Å². The largest absolute Gasteiger partial charge is 0.491 e. The lowest BCUT2D eigenvalue weighted by atomic mass is 9.80. The van der Waals surface area contributed by atoms with Gasteiger partial charge in [0.05, 0.1) is 22.9 Å². The third-order valence-corrected chi connectivity index (χ3v) is 6.22. The lowest BCUT2D eigenvalue weighted by Gasteiger charge is -2.33. The zero-order valence-electron chi connectivity index (χ0n) is 20.3. The quantitative estimate of drug-likeness (QED) is 0.341. The lowest BCUT2D eigenvalue weighted by molar-refractivity contribution is -0.144. The Morgan fingerprint density at radius 1 is 1.26 bits per heavy atom. The van der Waals surface area contributed by atoms with Crippen molar-refractivity contribution in [1.29, 1.82) is 0 Å². The van der Waals surface area contributed by atoms with Crippen LogP contribution in [0.3, 0.4) is 0 Å². The highest BCUT2D eigenvalue weighted by molar-refractivity contribution is 5.75. The van der Waals surface area contributed by atoms with Crippen LogP contribution in [0.2, 0.25) is 0 Å². The van der Waals surface area contributed by atoms with E-state index in [1.54, 1.807) is 7.05 Å². The summed E-state index contributed by atoms with van der Waals surface area (Å²) in [5.41, 5.74) is 3.84. The molecule has 10 heteroatoms. The lowest BCUT2D eigenvalue weighted by Crippen LogP contribution is -2.39. The molecule has 0 amide bonds. The second kappa shape index (κ2) is 10.4. The number of hydrogen-bond acceptors (Lipinski definition) is 9. The van der Waals surface area contributed by atoms with E-state index in [0.29, 0.717) is 48.2 Å². The van der Waals surface area contributed by atoms with Gasteiger partial charge < -0.3 is 30.1 Å². The summed E-state index contributed by atoms with van der Waals surface area (Å²) >= 11 is 0. The molecule has 1 aliphatic rings. The molecule has 0 bridgehead atoms. The molecule has 0 radical (unpaired) electrons. The molecule has 0 saturated heterocycles. The van der Waals surface area contributed by atoms with Crippen LogP contribution in [-0.2, 0) is 4.79 Å². The van der Waals surface area contributed by atoms with Crippen molar-refractivity contribution in [3.05, 3.63) is 41.3 Å². The number of carboxylic acids is 1. The summed E-state index contributed by atoms with van der Waals surface area (Å²) in [6.07, 6.45) is 0.471. The Morgan fingerprint density at radius 3 is 2.69 bits per heavy atom. The van der Waals surface area contributed by atoms with Gasteiger partial charge in [0.2, 0.25) is 0 Å². The number of aliphatic hydroxyl groups is 1. The number of aromatic nitrogens is 3. The Balaban J connectivity index is 1.68. The fourth-order valence-corrected chi connectivity index (χ4v) is 4.19. The molecule has 1 fully saturated rings. The van der Waals surface area contributed by atoms with E-state index >= 15 is 0 Å². The van der Waals surface area contributed by atoms with Crippen LogP contribution in [0.15, 0.2) is 28.8 Å². The Hall–Kier alpha value is -3.50. The van der Waals surface area contributed by atoms with E-state index in [1.807, 2.05) is 45.0 Å². The number of benzene rings is 1. The van der Waals surface area contributed by atoms with Gasteiger partial charge in [0.25, 0.3) is 0 Å². The molecule has 1 aliphatic carbocycles. The zero-order valence-corrected chi connectivity index (χ0v) is 20.3. The van der Waals surface area contributed by atoms with Crippen LogP contribution in [0.5, 0.6) is 5.75 Å². The number of rotatable bonds is 10. The number of carbonyl (C=O) groups is 1. The Bertz CT molecular complexity index is 1190. The fourth-order valence-electron chi connectivity index (χ4n) is 4.19. The van der Waals surface area contributed by atoms with Gasteiger partial charge in [-0.1, -0.05) is 17.3 Å². The average Bonchev–Trinajstić information content (AvgIpc) is 3.13. The van der Waals surface area contributed by atoms with Gasteiger partial charge >= 0.3 is 5.97 Å². The van der Waals surface area contributed by atoms with E-state index in [9.17, 15) is 15.0 Å². The first-order valence-electron chi connectivity index (χ1n) is 11.6. The van der Waals surface area contributed by atoms with Crippen LogP contribution < -0.4 is 15.4 Å². The van der Waals surface area contributed by atoms with Crippen molar-refractivity contribution >= 4 is 11.8 Å². The maximum Gasteiger partial charge on any atom is 0.306 e. The number of aryl methyl sites for hydroxylation is 2. The number of ether oxygens (including phenoxy) is 1. The van der Waals surface area contributed by atoms with E-state index in [0.717, 1.165) is 22.4 Å². The van der Waals surface area contributed by atoms with Crippen LogP contribution in [0.4, 0.5) is 5.82 Å². The second-order valence-electron chi connectivity index (χ2n) is 8.97. The predicted molar refractivity (Wildman–Crippen MR) is 130 cm³/mol. The standard InChI is InChI=1S/C25H31N5O5/c1-13-22(21-14(2)30-35-15(21)3)28-24(29-23(13)27-18-8-17(9-18)25(32)33)16-6-5-7-20(10-16)34-12-19(31)11-26-4/h5-7,10,17-19,26,31H,8-9,11-12H2,1-4H3,(H,32,33)(H,27,28,29)/t17-,18+,19?. The van der Waals surface area contributed by atoms with Crippen LogP contribution in [-0.4, -0.2) is 63.7 Å². The van der Waals surface area contributed by atoms with Crippen molar-refractivity contribution < 1.29 is 24.3 Å². The first-order chi connectivity index (χ1) is 16.8. The van der Waals surface area contributed by atoms with Gasteiger partial charge in [0.1, 0.15) is 30.0 Å². The minimum atomic E-state index is -0.767. The predicted octanol–water partition coefficient (Wildman–Crippen LogP) is 2.96. The monoisotopic (exact) mass is 481 g/mol. The van der Waals surface area contributed by atoms with E-state index in [1.165, 1.54) is 0 Å². The summed E-state index contributed by atoms with van der Waals surface area (Å²) in [4.78, 5) is 20.9. The first-order valence-corrected chi connectivity index (χ1v) is 11.6. The maximum absolute atomic E-state index is 11.2. The molecule has 35 heavy (non-hydrogen) atoms. The van der Waals surface area contributed by atoms with Gasteiger partial charge in [-0.15, -0.1) is 0 Å².